The zero-order chi connectivity index (χ0) is 30.4. The summed E-state index contributed by atoms with van der Waals surface area (Å²) in [6.45, 7) is 3.99. The quantitative estimate of drug-likeness (QED) is 0.395. The molecule has 3 fully saturated rings. The molecule has 1 saturated heterocycles. The highest BCUT2D eigenvalue weighted by atomic mass is 16.6. The SMILES string of the molecule is COc1ccc2c(OC3C[C@@H](C(N)=O)N(C(=O)C4(NC(=O)OC5CCCC5)CC4(C)C)C3)cc(-c3ccccc3)nc2c1. The number of benzene rings is 2. The van der Waals surface area contributed by atoms with Crippen LogP contribution in [-0.4, -0.2) is 65.2 Å². The summed E-state index contributed by atoms with van der Waals surface area (Å²) in [6, 6.07) is 16.3. The first-order valence-corrected chi connectivity index (χ1v) is 14.9. The van der Waals surface area contributed by atoms with Gasteiger partial charge in [-0.2, -0.15) is 0 Å². The number of nitrogens with one attached hydrogen (secondary N) is 1. The Bertz CT molecular complexity index is 1550. The van der Waals surface area contributed by atoms with Crippen LogP contribution in [0.4, 0.5) is 4.79 Å². The maximum Gasteiger partial charge on any atom is 0.408 e. The van der Waals surface area contributed by atoms with E-state index in [9.17, 15) is 14.4 Å². The number of hydrogen-bond donors (Lipinski definition) is 2. The van der Waals surface area contributed by atoms with Crippen molar-refractivity contribution in [3.63, 3.8) is 0 Å². The minimum Gasteiger partial charge on any atom is -0.497 e. The molecule has 2 unspecified atom stereocenters. The number of carbonyl (C=O) groups is 3. The van der Waals surface area contributed by atoms with Crippen molar-refractivity contribution in [1.29, 1.82) is 0 Å². The van der Waals surface area contributed by atoms with Crippen molar-refractivity contribution in [3.8, 4) is 22.8 Å². The predicted molar refractivity (Wildman–Crippen MR) is 160 cm³/mol. The third-order valence-electron chi connectivity index (χ3n) is 9.19. The molecule has 10 heteroatoms. The van der Waals surface area contributed by atoms with Crippen molar-refractivity contribution in [2.24, 2.45) is 11.1 Å². The molecule has 3 amide bonds. The van der Waals surface area contributed by atoms with E-state index in [4.69, 9.17) is 24.9 Å². The van der Waals surface area contributed by atoms with Crippen LogP contribution in [0.15, 0.2) is 54.6 Å². The molecule has 3 aromatic rings. The van der Waals surface area contributed by atoms with Crippen LogP contribution in [0.3, 0.4) is 0 Å². The molecule has 3 N–H and O–H groups in total. The molecule has 10 nitrogen and oxygen atoms in total. The van der Waals surface area contributed by atoms with Crippen LogP contribution < -0.4 is 20.5 Å². The molecule has 3 atom stereocenters. The van der Waals surface area contributed by atoms with Crippen molar-refractivity contribution < 1.29 is 28.6 Å². The molecule has 1 aromatic heterocycles. The Balaban J connectivity index is 1.26. The van der Waals surface area contributed by atoms with Gasteiger partial charge in [-0.1, -0.05) is 44.2 Å². The summed E-state index contributed by atoms with van der Waals surface area (Å²) < 4.78 is 17.6. The number of alkyl carbamates (subject to hydrolysis) is 1. The first-order valence-electron chi connectivity index (χ1n) is 14.9. The second-order valence-corrected chi connectivity index (χ2v) is 12.5. The summed E-state index contributed by atoms with van der Waals surface area (Å²) in [5, 5.41) is 3.66. The Morgan fingerprint density at radius 2 is 1.74 bits per heavy atom. The van der Waals surface area contributed by atoms with Gasteiger partial charge in [0.2, 0.25) is 11.8 Å². The number of likely N-dealkylation sites (tertiary alicyclic amines) is 1. The third-order valence-corrected chi connectivity index (χ3v) is 9.19. The summed E-state index contributed by atoms with van der Waals surface area (Å²) >= 11 is 0. The minimum absolute atomic E-state index is 0.132. The summed E-state index contributed by atoms with van der Waals surface area (Å²) in [5.74, 6) is 0.286. The number of amides is 3. The Labute approximate surface area is 250 Å². The van der Waals surface area contributed by atoms with E-state index in [-0.39, 0.29) is 25.0 Å². The first-order chi connectivity index (χ1) is 20.6. The topological polar surface area (TPSA) is 133 Å². The predicted octanol–water partition coefficient (Wildman–Crippen LogP) is 4.58. The molecular weight excluding hydrogens is 548 g/mol. The maximum absolute atomic E-state index is 14.1. The number of nitrogens with two attached hydrogens (primary N) is 1. The lowest BCUT2D eigenvalue weighted by Crippen LogP contribution is -2.56. The number of ether oxygens (including phenoxy) is 3. The van der Waals surface area contributed by atoms with Crippen molar-refractivity contribution in [2.75, 3.05) is 13.7 Å². The molecule has 2 aliphatic carbocycles. The van der Waals surface area contributed by atoms with Crippen molar-refractivity contribution in [3.05, 3.63) is 54.6 Å². The van der Waals surface area contributed by atoms with Crippen LogP contribution in [-0.2, 0) is 14.3 Å². The smallest absolute Gasteiger partial charge is 0.408 e. The molecule has 43 heavy (non-hydrogen) atoms. The zero-order valence-electron chi connectivity index (χ0n) is 24.8. The summed E-state index contributed by atoms with van der Waals surface area (Å²) in [6.07, 6.45) is 3.13. The second kappa shape index (κ2) is 11.1. The fourth-order valence-electron chi connectivity index (χ4n) is 6.57. The largest absolute Gasteiger partial charge is 0.497 e. The summed E-state index contributed by atoms with van der Waals surface area (Å²) in [5.41, 5.74) is 6.47. The van der Waals surface area contributed by atoms with E-state index in [1.54, 1.807) is 7.11 Å². The van der Waals surface area contributed by atoms with Gasteiger partial charge in [0.1, 0.15) is 35.3 Å². The number of rotatable bonds is 8. The van der Waals surface area contributed by atoms with Crippen LogP contribution in [0, 0.1) is 5.41 Å². The molecular formula is C33H38N4O6. The highest BCUT2D eigenvalue weighted by Crippen LogP contribution is 2.57. The van der Waals surface area contributed by atoms with Crippen LogP contribution in [0.2, 0.25) is 0 Å². The van der Waals surface area contributed by atoms with Gasteiger partial charge in [-0.15, -0.1) is 0 Å². The number of hydrogen-bond acceptors (Lipinski definition) is 7. The van der Waals surface area contributed by atoms with E-state index >= 15 is 0 Å². The number of pyridine rings is 1. The number of aromatic nitrogens is 1. The van der Waals surface area contributed by atoms with Crippen molar-refractivity contribution in [1.82, 2.24) is 15.2 Å². The van der Waals surface area contributed by atoms with Crippen LogP contribution in [0.25, 0.3) is 22.2 Å². The molecule has 0 spiro atoms. The Morgan fingerprint density at radius 1 is 1.02 bits per heavy atom. The van der Waals surface area contributed by atoms with E-state index < -0.39 is 35.1 Å². The average Bonchev–Trinajstić information content (AvgIpc) is 3.37. The van der Waals surface area contributed by atoms with Crippen molar-refractivity contribution in [2.45, 2.75) is 76.2 Å². The van der Waals surface area contributed by atoms with Gasteiger partial charge in [-0.05, 0) is 49.7 Å². The van der Waals surface area contributed by atoms with Crippen molar-refractivity contribution >= 4 is 28.8 Å². The normalized spacial score (nSPS) is 24.5. The fraction of sp³-hybridized carbons (Fsp3) is 0.455. The highest BCUT2D eigenvalue weighted by Gasteiger charge is 2.69. The zero-order valence-corrected chi connectivity index (χ0v) is 24.8. The third kappa shape index (κ3) is 5.46. The van der Waals surface area contributed by atoms with Crippen LogP contribution in [0.1, 0.15) is 52.4 Å². The van der Waals surface area contributed by atoms with Gasteiger partial charge in [-0.25, -0.2) is 9.78 Å². The molecule has 2 aromatic carbocycles. The van der Waals surface area contributed by atoms with E-state index in [0.29, 0.717) is 23.4 Å². The molecule has 2 saturated carbocycles. The monoisotopic (exact) mass is 586 g/mol. The van der Waals surface area contributed by atoms with E-state index in [1.165, 1.54) is 4.90 Å². The second-order valence-electron chi connectivity index (χ2n) is 12.5. The molecule has 0 bridgehead atoms. The average molecular weight is 587 g/mol. The Morgan fingerprint density at radius 3 is 2.40 bits per heavy atom. The van der Waals surface area contributed by atoms with Gasteiger partial charge in [0.25, 0.3) is 0 Å². The van der Waals surface area contributed by atoms with E-state index in [2.05, 4.69) is 5.32 Å². The van der Waals surface area contributed by atoms with Crippen LogP contribution in [0.5, 0.6) is 11.5 Å². The lowest BCUT2D eigenvalue weighted by Gasteiger charge is -2.30. The molecule has 3 aliphatic rings. The van der Waals surface area contributed by atoms with E-state index in [0.717, 1.165) is 42.3 Å². The molecule has 2 heterocycles. The van der Waals surface area contributed by atoms with Gasteiger partial charge < -0.3 is 30.2 Å². The fourth-order valence-corrected chi connectivity index (χ4v) is 6.57. The highest BCUT2D eigenvalue weighted by molar-refractivity contribution is 5.98. The number of carbonyl (C=O) groups excluding carboxylic acids is 3. The maximum atomic E-state index is 14.1. The summed E-state index contributed by atoms with van der Waals surface area (Å²) in [4.78, 5) is 45.9. The molecule has 6 rings (SSSR count). The van der Waals surface area contributed by atoms with Gasteiger partial charge in [0.15, 0.2) is 0 Å². The lowest BCUT2D eigenvalue weighted by atomic mass is 10.0. The van der Waals surface area contributed by atoms with Gasteiger partial charge in [0.05, 0.1) is 24.9 Å². The summed E-state index contributed by atoms with van der Waals surface area (Å²) in [7, 11) is 1.60. The first kappa shape index (κ1) is 28.8. The number of fused-ring (bicyclic) bond motifs is 1. The standard InChI is InChI=1S/C33H38N4O6/c1-32(2)19-33(32,36-31(40)43-21-11-7-8-12-21)30(39)37-18-23(16-27(37)29(34)38)42-28-17-25(20-9-5-4-6-10-20)35-26-15-22(41-3)13-14-24(26)28/h4-6,9-10,13-15,17,21,23,27H,7-8,11-12,16,18-19H2,1-3H3,(H2,34,38)(H,36,40)/t23?,27-,33?/m0/s1. The lowest BCUT2D eigenvalue weighted by molar-refractivity contribution is -0.140. The number of nitrogens with zero attached hydrogens (tertiary/aromatic N) is 2. The molecule has 0 radical (unpaired) electrons. The van der Waals surface area contributed by atoms with E-state index in [1.807, 2.05) is 68.4 Å². The number of primary amides is 1. The van der Waals surface area contributed by atoms with Crippen LogP contribution >= 0.6 is 0 Å². The van der Waals surface area contributed by atoms with Gasteiger partial charge in [0, 0.05) is 29.5 Å². The Hall–Kier alpha value is -4.34. The minimum atomic E-state index is -1.17. The van der Waals surface area contributed by atoms with Gasteiger partial charge in [-0.3, -0.25) is 9.59 Å². The number of methoxy groups -OCH3 is 1. The Kier molecular flexibility index (Phi) is 7.40. The molecule has 1 aliphatic heterocycles. The molecule has 226 valence electrons. The van der Waals surface area contributed by atoms with Gasteiger partial charge >= 0.3 is 6.09 Å².